The molecule has 96 valence electrons. The minimum atomic E-state index is 0.249. The Morgan fingerprint density at radius 2 is 1.94 bits per heavy atom. The maximum absolute atomic E-state index is 3.48. The molecule has 0 saturated heterocycles. The normalized spacial score (nSPS) is 11.6. The molecule has 0 saturated carbocycles. The molecular weight excluding hydrogens is 306 g/mol. The second kappa shape index (κ2) is 5.45. The van der Waals surface area contributed by atoms with Gasteiger partial charge in [-0.25, -0.2) is 0 Å². The van der Waals surface area contributed by atoms with E-state index in [0.29, 0.717) is 0 Å². The minimum Gasteiger partial charge on any atom is -0.380 e. The van der Waals surface area contributed by atoms with Crippen LogP contribution >= 0.6 is 27.3 Å². The third kappa shape index (κ3) is 3.59. The lowest BCUT2D eigenvalue weighted by Crippen LogP contribution is -2.07. The molecule has 1 heterocycles. The van der Waals surface area contributed by atoms with E-state index in [1.165, 1.54) is 9.75 Å². The summed E-state index contributed by atoms with van der Waals surface area (Å²) in [6, 6.07) is 12.7. The Morgan fingerprint density at radius 1 is 1.17 bits per heavy atom. The molecule has 0 aliphatic rings. The summed E-state index contributed by atoms with van der Waals surface area (Å²) in [7, 11) is 0. The van der Waals surface area contributed by atoms with Crippen LogP contribution in [0.25, 0.3) is 0 Å². The molecule has 0 fully saturated rings. The van der Waals surface area contributed by atoms with Crippen molar-refractivity contribution in [1.29, 1.82) is 0 Å². The van der Waals surface area contributed by atoms with Crippen LogP contribution < -0.4 is 5.32 Å². The van der Waals surface area contributed by atoms with E-state index in [-0.39, 0.29) is 5.41 Å². The van der Waals surface area contributed by atoms with Gasteiger partial charge in [0.25, 0.3) is 0 Å². The Bertz CT molecular complexity index is 525. The Balaban J connectivity index is 2.01. The summed E-state index contributed by atoms with van der Waals surface area (Å²) in [5.74, 6) is 0. The van der Waals surface area contributed by atoms with Crippen molar-refractivity contribution in [2.24, 2.45) is 0 Å². The van der Waals surface area contributed by atoms with Crippen molar-refractivity contribution >= 4 is 33.0 Å². The predicted molar refractivity (Wildman–Crippen MR) is 84.5 cm³/mol. The van der Waals surface area contributed by atoms with Gasteiger partial charge in [0, 0.05) is 26.5 Å². The maximum atomic E-state index is 3.48. The van der Waals surface area contributed by atoms with Gasteiger partial charge in [-0.15, -0.1) is 11.3 Å². The number of benzene rings is 1. The third-order valence-corrected chi connectivity index (χ3v) is 4.70. The number of anilines is 1. The van der Waals surface area contributed by atoms with Gasteiger partial charge in [-0.05, 0) is 35.7 Å². The lowest BCUT2D eigenvalue weighted by atomic mass is 9.95. The fourth-order valence-electron chi connectivity index (χ4n) is 1.66. The van der Waals surface area contributed by atoms with E-state index in [9.17, 15) is 0 Å². The second-order valence-corrected chi connectivity index (χ2v) is 7.46. The molecule has 0 spiro atoms. The number of halogens is 1. The Labute approximate surface area is 121 Å². The highest BCUT2D eigenvalue weighted by Gasteiger charge is 2.15. The molecule has 2 rings (SSSR count). The monoisotopic (exact) mass is 323 g/mol. The number of nitrogens with one attached hydrogen (secondary N) is 1. The van der Waals surface area contributed by atoms with Gasteiger partial charge in [-0.1, -0.05) is 42.8 Å². The molecule has 0 unspecified atom stereocenters. The van der Waals surface area contributed by atoms with Gasteiger partial charge in [-0.2, -0.15) is 0 Å². The lowest BCUT2D eigenvalue weighted by Gasteiger charge is -2.15. The van der Waals surface area contributed by atoms with Crippen LogP contribution in [-0.2, 0) is 12.0 Å². The first-order chi connectivity index (χ1) is 8.45. The molecular formula is C15H18BrNS. The Kier molecular flexibility index (Phi) is 4.13. The first-order valence-electron chi connectivity index (χ1n) is 6.04. The highest BCUT2D eigenvalue weighted by Crippen LogP contribution is 2.29. The van der Waals surface area contributed by atoms with Crippen LogP contribution in [0.1, 0.15) is 30.5 Å². The third-order valence-electron chi connectivity index (χ3n) is 2.69. The van der Waals surface area contributed by atoms with Gasteiger partial charge in [0.2, 0.25) is 0 Å². The van der Waals surface area contributed by atoms with Crippen LogP contribution in [0.5, 0.6) is 0 Å². The number of hydrogen-bond acceptors (Lipinski definition) is 2. The number of hydrogen-bond donors (Lipinski definition) is 1. The van der Waals surface area contributed by atoms with Gasteiger partial charge < -0.3 is 5.32 Å². The zero-order valence-electron chi connectivity index (χ0n) is 11.0. The van der Waals surface area contributed by atoms with E-state index in [4.69, 9.17) is 0 Å². The average Bonchev–Trinajstić information content (AvgIpc) is 2.74. The largest absolute Gasteiger partial charge is 0.380 e. The molecule has 0 radical (unpaired) electrons. The SMILES string of the molecule is CC(C)(C)c1ccc(CNc2cccc(Br)c2)s1. The molecule has 0 aliphatic carbocycles. The maximum Gasteiger partial charge on any atom is 0.0494 e. The zero-order chi connectivity index (χ0) is 13.2. The summed E-state index contributed by atoms with van der Waals surface area (Å²) in [5, 5.41) is 3.45. The minimum absolute atomic E-state index is 0.249. The molecule has 1 nitrogen and oxygen atoms in total. The first kappa shape index (κ1) is 13.6. The second-order valence-electron chi connectivity index (χ2n) is 5.38. The van der Waals surface area contributed by atoms with E-state index in [1.54, 1.807) is 0 Å². The standard InChI is InChI=1S/C15H18BrNS/c1-15(2,3)14-8-7-13(18-14)10-17-12-6-4-5-11(16)9-12/h4-9,17H,10H2,1-3H3. The van der Waals surface area contributed by atoms with E-state index in [0.717, 1.165) is 16.7 Å². The van der Waals surface area contributed by atoms with Gasteiger partial charge in [0.05, 0.1) is 0 Å². The van der Waals surface area contributed by atoms with Crippen molar-refractivity contribution < 1.29 is 0 Å². The van der Waals surface area contributed by atoms with Gasteiger partial charge in [0.15, 0.2) is 0 Å². The fraction of sp³-hybridized carbons (Fsp3) is 0.333. The van der Waals surface area contributed by atoms with Gasteiger partial charge in [0.1, 0.15) is 0 Å². The summed E-state index contributed by atoms with van der Waals surface area (Å²) >= 11 is 5.37. The van der Waals surface area contributed by atoms with E-state index < -0.39 is 0 Å². The van der Waals surface area contributed by atoms with Crippen LogP contribution in [0.15, 0.2) is 40.9 Å². The van der Waals surface area contributed by atoms with E-state index in [1.807, 2.05) is 23.5 Å². The topological polar surface area (TPSA) is 12.0 Å². The highest BCUT2D eigenvalue weighted by atomic mass is 79.9. The van der Waals surface area contributed by atoms with Crippen molar-refractivity contribution in [2.45, 2.75) is 32.7 Å². The van der Waals surface area contributed by atoms with Crippen LogP contribution in [-0.4, -0.2) is 0 Å². The lowest BCUT2D eigenvalue weighted by molar-refractivity contribution is 0.604. The van der Waals surface area contributed by atoms with Crippen LogP contribution in [0, 0.1) is 0 Å². The van der Waals surface area contributed by atoms with Crippen molar-refractivity contribution in [2.75, 3.05) is 5.32 Å². The Morgan fingerprint density at radius 3 is 2.56 bits per heavy atom. The average molecular weight is 324 g/mol. The quantitative estimate of drug-likeness (QED) is 0.795. The number of thiophene rings is 1. The molecule has 18 heavy (non-hydrogen) atoms. The Hall–Kier alpha value is -0.800. The summed E-state index contributed by atoms with van der Waals surface area (Å²) in [6.45, 7) is 7.65. The van der Waals surface area contributed by atoms with Crippen molar-refractivity contribution in [1.82, 2.24) is 0 Å². The van der Waals surface area contributed by atoms with E-state index >= 15 is 0 Å². The van der Waals surface area contributed by atoms with Crippen molar-refractivity contribution in [3.05, 3.63) is 50.6 Å². The van der Waals surface area contributed by atoms with Crippen LogP contribution in [0.2, 0.25) is 0 Å². The fourth-order valence-corrected chi connectivity index (χ4v) is 3.07. The van der Waals surface area contributed by atoms with Gasteiger partial charge in [-0.3, -0.25) is 0 Å². The summed E-state index contributed by atoms with van der Waals surface area (Å²) < 4.78 is 1.11. The molecule has 1 N–H and O–H groups in total. The molecule has 1 aromatic carbocycles. The van der Waals surface area contributed by atoms with Gasteiger partial charge >= 0.3 is 0 Å². The smallest absolute Gasteiger partial charge is 0.0494 e. The molecule has 0 bridgehead atoms. The van der Waals surface area contributed by atoms with E-state index in [2.05, 4.69) is 66.3 Å². The predicted octanol–water partition coefficient (Wildman–Crippen LogP) is 5.42. The summed E-state index contributed by atoms with van der Waals surface area (Å²) in [4.78, 5) is 2.81. The molecule has 0 atom stereocenters. The summed E-state index contributed by atoms with van der Waals surface area (Å²) in [5.41, 5.74) is 1.40. The highest BCUT2D eigenvalue weighted by molar-refractivity contribution is 9.10. The van der Waals surface area contributed by atoms with Crippen LogP contribution in [0.3, 0.4) is 0 Å². The molecule has 0 aliphatic heterocycles. The summed E-state index contributed by atoms with van der Waals surface area (Å²) in [6.07, 6.45) is 0. The first-order valence-corrected chi connectivity index (χ1v) is 7.65. The number of rotatable bonds is 3. The zero-order valence-corrected chi connectivity index (χ0v) is 13.4. The molecule has 0 amide bonds. The molecule has 2 aromatic rings. The molecule has 3 heteroatoms. The van der Waals surface area contributed by atoms with Crippen LogP contribution in [0.4, 0.5) is 5.69 Å². The van der Waals surface area contributed by atoms with Crippen molar-refractivity contribution in [3.63, 3.8) is 0 Å². The van der Waals surface area contributed by atoms with Crippen molar-refractivity contribution in [3.8, 4) is 0 Å². The molecule has 1 aromatic heterocycles.